The summed E-state index contributed by atoms with van der Waals surface area (Å²) in [5, 5.41) is 12.8. The van der Waals surface area contributed by atoms with Crippen molar-refractivity contribution in [2.45, 2.75) is 38.7 Å². The summed E-state index contributed by atoms with van der Waals surface area (Å²) in [5.41, 5.74) is 1.82. The van der Waals surface area contributed by atoms with Crippen molar-refractivity contribution in [3.63, 3.8) is 0 Å². The molecule has 0 bridgehead atoms. The van der Waals surface area contributed by atoms with Crippen LogP contribution in [0.1, 0.15) is 43.0 Å². The van der Waals surface area contributed by atoms with Crippen molar-refractivity contribution in [1.29, 1.82) is 0 Å². The van der Waals surface area contributed by atoms with Gasteiger partial charge in [0.1, 0.15) is 0 Å². The zero-order valence-corrected chi connectivity index (χ0v) is 10.9. The van der Waals surface area contributed by atoms with Crippen molar-refractivity contribution in [2.24, 2.45) is 5.92 Å². The molecule has 1 aromatic carbocycles. The topological polar surface area (TPSA) is 49.3 Å². The van der Waals surface area contributed by atoms with Gasteiger partial charge in [0.2, 0.25) is 0 Å². The van der Waals surface area contributed by atoms with Gasteiger partial charge in [-0.05, 0) is 49.4 Å². The Hall–Kier alpha value is -1.35. The normalized spacial score (nSPS) is 23.0. The lowest BCUT2D eigenvalue weighted by Crippen LogP contribution is -2.12. The fraction of sp³-hybridized carbons (Fsp3) is 0.533. The van der Waals surface area contributed by atoms with Crippen molar-refractivity contribution in [3.8, 4) is 0 Å². The summed E-state index contributed by atoms with van der Waals surface area (Å²) in [6.07, 6.45) is 3.37. The van der Waals surface area contributed by atoms with Crippen LogP contribution in [0.2, 0.25) is 0 Å². The molecule has 1 aliphatic carbocycles. The molecule has 18 heavy (non-hydrogen) atoms. The minimum Gasteiger partial charge on any atom is -0.393 e. The number of aliphatic hydroxyl groups excluding tert-OH is 1. The quantitative estimate of drug-likeness (QED) is 0.787. The number of carbonyl (C=O) groups excluding carboxylic acids is 1. The van der Waals surface area contributed by atoms with Crippen LogP contribution >= 0.6 is 0 Å². The number of rotatable bonds is 5. The number of anilines is 1. The third-order valence-electron chi connectivity index (χ3n) is 3.64. The molecule has 0 heterocycles. The van der Waals surface area contributed by atoms with Gasteiger partial charge in [0, 0.05) is 24.2 Å². The fourth-order valence-corrected chi connectivity index (χ4v) is 2.47. The highest BCUT2D eigenvalue weighted by molar-refractivity contribution is 5.96. The molecule has 2 N–H and O–H groups in total. The van der Waals surface area contributed by atoms with E-state index in [0.29, 0.717) is 12.3 Å². The van der Waals surface area contributed by atoms with E-state index in [1.54, 1.807) is 0 Å². The van der Waals surface area contributed by atoms with Crippen LogP contribution in [0.4, 0.5) is 5.69 Å². The average Bonchev–Trinajstić information content (AvgIpc) is 2.82. The number of carbonyl (C=O) groups is 1. The number of Topliss-reactive ketones (excluding diaryl/α,β-unsaturated/α-hetero) is 1. The lowest BCUT2D eigenvalue weighted by Gasteiger charge is -2.12. The van der Waals surface area contributed by atoms with Gasteiger partial charge in [-0.3, -0.25) is 4.79 Å². The first-order chi connectivity index (χ1) is 8.69. The summed E-state index contributed by atoms with van der Waals surface area (Å²) in [5.74, 6) is 0.748. The maximum absolute atomic E-state index is 11.5. The van der Waals surface area contributed by atoms with E-state index in [-0.39, 0.29) is 11.9 Å². The first kappa shape index (κ1) is 13.1. The van der Waals surface area contributed by atoms with Crippen molar-refractivity contribution in [2.75, 3.05) is 11.9 Å². The Kier molecular flexibility index (Phi) is 4.37. The maximum atomic E-state index is 11.5. The third-order valence-corrected chi connectivity index (χ3v) is 3.64. The van der Waals surface area contributed by atoms with E-state index in [0.717, 1.165) is 37.1 Å². The number of ketones is 1. The standard InChI is InChI=1S/C15H21NO2/c1-2-15(18)12-4-6-13(7-5-12)16-10-11-3-8-14(17)9-11/h4-7,11,14,16-17H,2-3,8-10H2,1H3. The Morgan fingerprint density at radius 1 is 1.33 bits per heavy atom. The number of aliphatic hydroxyl groups is 1. The van der Waals surface area contributed by atoms with E-state index < -0.39 is 0 Å². The molecule has 0 saturated heterocycles. The molecule has 3 nitrogen and oxygen atoms in total. The number of hydrogen-bond donors (Lipinski definition) is 2. The van der Waals surface area contributed by atoms with Gasteiger partial charge in [-0.2, -0.15) is 0 Å². The van der Waals surface area contributed by atoms with E-state index in [9.17, 15) is 9.90 Å². The van der Waals surface area contributed by atoms with Crippen LogP contribution in [0, 0.1) is 5.92 Å². The molecule has 0 aromatic heterocycles. The molecule has 1 saturated carbocycles. The second-order valence-corrected chi connectivity index (χ2v) is 5.07. The summed E-state index contributed by atoms with van der Waals surface area (Å²) in [6, 6.07) is 7.65. The van der Waals surface area contributed by atoms with Gasteiger partial charge in [0.25, 0.3) is 0 Å². The van der Waals surface area contributed by atoms with Gasteiger partial charge < -0.3 is 10.4 Å². The Labute approximate surface area is 108 Å². The van der Waals surface area contributed by atoms with Crippen LogP contribution in [0.25, 0.3) is 0 Å². The Balaban J connectivity index is 1.85. The smallest absolute Gasteiger partial charge is 0.162 e. The van der Waals surface area contributed by atoms with Gasteiger partial charge in [-0.25, -0.2) is 0 Å². The zero-order valence-electron chi connectivity index (χ0n) is 10.9. The Morgan fingerprint density at radius 3 is 2.61 bits per heavy atom. The van der Waals surface area contributed by atoms with E-state index >= 15 is 0 Å². The maximum Gasteiger partial charge on any atom is 0.162 e. The van der Waals surface area contributed by atoms with Crippen molar-refractivity contribution in [1.82, 2.24) is 0 Å². The highest BCUT2D eigenvalue weighted by Gasteiger charge is 2.22. The first-order valence-electron chi connectivity index (χ1n) is 6.74. The Morgan fingerprint density at radius 2 is 2.06 bits per heavy atom. The van der Waals surface area contributed by atoms with Crippen LogP contribution in [-0.4, -0.2) is 23.5 Å². The molecule has 0 radical (unpaired) electrons. The molecule has 0 amide bonds. The van der Waals surface area contributed by atoms with E-state index in [4.69, 9.17) is 0 Å². The van der Waals surface area contributed by atoms with Crippen LogP contribution in [-0.2, 0) is 0 Å². The molecule has 2 rings (SSSR count). The minimum absolute atomic E-state index is 0.110. The van der Waals surface area contributed by atoms with Crippen molar-refractivity contribution < 1.29 is 9.90 Å². The largest absolute Gasteiger partial charge is 0.393 e. The monoisotopic (exact) mass is 247 g/mol. The van der Waals surface area contributed by atoms with Crippen LogP contribution in [0.5, 0.6) is 0 Å². The molecule has 2 unspecified atom stereocenters. The van der Waals surface area contributed by atoms with Gasteiger partial charge in [0.15, 0.2) is 5.78 Å². The van der Waals surface area contributed by atoms with Crippen LogP contribution < -0.4 is 5.32 Å². The number of hydrogen-bond acceptors (Lipinski definition) is 3. The van der Waals surface area contributed by atoms with E-state index in [2.05, 4.69) is 5.32 Å². The molecule has 98 valence electrons. The molecule has 1 aliphatic rings. The lowest BCUT2D eigenvalue weighted by atomic mass is 10.1. The second kappa shape index (κ2) is 6.01. The minimum atomic E-state index is -0.110. The van der Waals surface area contributed by atoms with Crippen LogP contribution in [0.3, 0.4) is 0 Å². The summed E-state index contributed by atoms with van der Waals surface area (Å²) in [7, 11) is 0. The van der Waals surface area contributed by atoms with Gasteiger partial charge in [0.05, 0.1) is 6.10 Å². The SMILES string of the molecule is CCC(=O)c1ccc(NCC2CCC(O)C2)cc1. The fourth-order valence-electron chi connectivity index (χ4n) is 2.47. The number of benzene rings is 1. The molecule has 2 atom stereocenters. The van der Waals surface area contributed by atoms with Crippen LogP contribution in [0.15, 0.2) is 24.3 Å². The number of nitrogens with one attached hydrogen (secondary N) is 1. The van der Waals surface area contributed by atoms with Gasteiger partial charge in [-0.15, -0.1) is 0 Å². The zero-order chi connectivity index (χ0) is 13.0. The first-order valence-corrected chi connectivity index (χ1v) is 6.74. The molecular formula is C15H21NO2. The van der Waals surface area contributed by atoms with E-state index in [1.165, 1.54) is 0 Å². The van der Waals surface area contributed by atoms with Crippen molar-refractivity contribution >= 4 is 11.5 Å². The van der Waals surface area contributed by atoms with Crippen molar-refractivity contribution in [3.05, 3.63) is 29.8 Å². The molecule has 1 fully saturated rings. The molecule has 3 heteroatoms. The molecule has 0 spiro atoms. The second-order valence-electron chi connectivity index (χ2n) is 5.07. The average molecular weight is 247 g/mol. The summed E-state index contributed by atoms with van der Waals surface area (Å²) in [6.45, 7) is 2.78. The molecule has 1 aromatic rings. The van der Waals surface area contributed by atoms with E-state index in [1.807, 2.05) is 31.2 Å². The Bertz CT molecular complexity index is 399. The molecular weight excluding hydrogens is 226 g/mol. The van der Waals surface area contributed by atoms with Gasteiger partial charge in [-0.1, -0.05) is 6.92 Å². The predicted octanol–water partition coefficient (Wildman–Crippen LogP) is 2.85. The summed E-state index contributed by atoms with van der Waals surface area (Å²) < 4.78 is 0. The molecule has 0 aliphatic heterocycles. The summed E-state index contributed by atoms with van der Waals surface area (Å²) in [4.78, 5) is 11.5. The summed E-state index contributed by atoms with van der Waals surface area (Å²) >= 11 is 0. The lowest BCUT2D eigenvalue weighted by molar-refractivity contribution is 0.0988. The third kappa shape index (κ3) is 3.33. The highest BCUT2D eigenvalue weighted by Crippen LogP contribution is 2.25. The predicted molar refractivity (Wildman–Crippen MR) is 72.9 cm³/mol. The highest BCUT2D eigenvalue weighted by atomic mass is 16.3. The van der Waals surface area contributed by atoms with Gasteiger partial charge >= 0.3 is 0 Å².